The quantitative estimate of drug-likeness (QED) is 0.807. The van der Waals surface area contributed by atoms with Gasteiger partial charge in [-0.25, -0.2) is 4.98 Å². The summed E-state index contributed by atoms with van der Waals surface area (Å²) in [7, 11) is 0. The lowest BCUT2D eigenvalue weighted by molar-refractivity contribution is -0.116. The number of amides is 2. The molecule has 0 unspecified atom stereocenters. The lowest BCUT2D eigenvalue weighted by Gasteiger charge is -2.36. The number of carbonyl (C=O) groups is 2. The molecule has 1 aromatic carbocycles. The average Bonchev–Trinajstić information content (AvgIpc) is 3.16. The predicted molar refractivity (Wildman–Crippen MR) is 102 cm³/mol. The number of hydrogen-bond acceptors (Lipinski definition) is 5. The van der Waals surface area contributed by atoms with E-state index in [2.05, 4.69) is 26.3 Å². The zero-order valence-electron chi connectivity index (χ0n) is 14.6. The third-order valence-corrected chi connectivity index (χ3v) is 5.48. The second kappa shape index (κ2) is 7.03. The molecule has 2 aromatic rings. The molecule has 2 N–H and O–H groups in total. The minimum atomic E-state index is -0.0191. The molecule has 7 nitrogen and oxygen atoms in total. The lowest BCUT2D eigenvalue weighted by Crippen LogP contribution is -2.49. The molecule has 26 heavy (non-hydrogen) atoms. The molecular formula is C18H21N5O2S. The van der Waals surface area contributed by atoms with Crippen molar-refractivity contribution in [1.29, 1.82) is 0 Å². The highest BCUT2D eigenvalue weighted by Crippen LogP contribution is 2.28. The van der Waals surface area contributed by atoms with Crippen LogP contribution in [-0.2, 0) is 11.2 Å². The summed E-state index contributed by atoms with van der Waals surface area (Å²) in [6.45, 7) is 2.93. The molecular weight excluding hydrogens is 350 g/mol. The molecule has 136 valence electrons. The lowest BCUT2D eigenvalue weighted by atomic mass is 10.0. The fourth-order valence-electron chi connectivity index (χ4n) is 3.41. The number of H-pyrrole nitrogens is 1. The number of aryl methyl sites for hydroxylation is 1. The number of anilines is 2. The molecule has 8 heteroatoms. The summed E-state index contributed by atoms with van der Waals surface area (Å²) in [6, 6.07) is 6.18. The second-order valence-electron chi connectivity index (χ2n) is 6.46. The Labute approximate surface area is 156 Å². The van der Waals surface area contributed by atoms with Crippen LogP contribution in [0.2, 0.25) is 0 Å². The predicted octanol–water partition coefficient (Wildman–Crippen LogP) is 1.98. The molecule has 2 amide bonds. The number of nitrogens with one attached hydrogen (secondary N) is 2. The summed E-state index contributed by atoms with van der Waals surface area (Å²) in [5.41, 5.74) is 3.73. The summed E-state index contributed by atoms with van der Waals surface area (Å²) >= 11 is 1.49. The van der Waals surface area contributed by atoms with E-state index in [0.717, 1.165) is 36.0 Å². The summed E-state index contributed by atoms with van der Waals surface area (Å²) in [5, 5.41) is 3.67. The topological polar surface area (TPSA) is 81.3 Å². The van der Waals surface area contributed by atoms with Gasteiger partial charge in [-0.1, -0.05) is 11.8 Å². The first-order chi connectivity index (χ1) is 12.6. The largest absolute Gasteiger partial charge is 0.368 e. The van der Waals surface area contributed by atoms with Crippen molar-refractivity contribution >= 4 is 35.0 Å². The highest BCUT2D eigenvalue weighted by Gasteiger charge is 2.24. The van der Waals surface area contributed by atoms with Gasteiger partial charge in [0.2, 0.25) is 5.91 Å². The van der Waals surface area contributed by atoms with E-state index in [4.69, 9.17) is 0 Å². The number of hydrogen-bond donors (Lipinski definition) is 2. The van der Waals surface area contributed by atoms with E-state index in [1.165, 1.54) is 17.3 Å². The molecule has 3 heterocycles. The minimum absolute atomic E-state index is 0.0191. The highest BCUT2D eigenvalue weighted by molar-refractivity contribution is 7.98. The zero-order valence-corrected chi connectivity index (χ0v) is 15.4. The zero-order chi connectivity index (χ0) is 18.1. The van der Waals surface area contributed by atoms with E-state index in [1.807, 2.05) is 23.3 Å². The average molecular weight is 371 g/mol. The molecule has 0 aliphatic carbocycles. The van der Waals surface area contributed by atoms with E-state index in [1.54, 1.807) is 6.20 Å². The smallest absolute Gasteiger partial charge is 0.274 e. The van der Waals surface area contributed by atoms with Crippen molar-refractivity contribution in [2.45, 2.75) is 18.0 Å². The van der Waals surface area contributed by atoms with Crippen molar-refractivity contribution in [2.75, 3.05) is 42.7 Å². The van der Waals surface area contributed by atoms with Crippen molar-refractivity contribution in [3.05, 3.63) is 35.7 Å². The Bertz CT molecular complexity index is 842. The first-order valence-corrected chi connectivity index (χ1v) is 9.93. The summed E-state index contributed by atoms with van der Waals surface area (Å²) in [6.07, 6.45) is 4.93. The Kier molecular flexibility index (Phi) is 4.58. The normalized spacial score (nSPS) is 17.0. The van der Waals surface area contributed by atoms with Crippen molar-refractivity contribution in [3.8, 4) is 0 Å². The fourth-order valence-corrected chi connectivity index (χ4v) is 3.78. The number of aromatic nitrogens is 2. The number of nitrogens with zero attached hydrogens (tertiary/aromatic N) is 3. The standard InChI is InChI=1S/C18H21N5O2S/c1-26-18-19-11-15(21-18)17(25)23-8-6-22(7-9-23)13-3-4-14-12(10-13)2-5-16(24)20-14/h3-4,10-11H,2,5-9H2,1H3,(H,19,21)(H,20,24). The summed E-state index contributed by atoms with van der Waals surface area (Å²) < 4.78 is 0. The first kappa shape index (κ1) is 17.0. The Morgan fingerprint density at radius 2 is 2.00 bits per heavy atom. The molecule has 0 atom stereocenters. The van der Waals surface area contributed by atoms with Gasteiger partial charge in [-0.05, 0) is 36.4 Å². The Morgan fingerprint density at radius 1 is 1.19 bits per heavy atom. The first-order valence-electron chi connectivity index (χ1n) is 8.70. The maximum absolute atomic E-state index is 12.6. The van der Waals surface area contributed by atoms with Gasteiger partial charge in [0.1, 0.15) is 5.69 Å². The Morgan fingerprint density at radius 3 is 2.73 bits per heavy atom. The third-order valence-electron chi connectivity index (χ3n) is 4.88. The third kappa shape index (κ3) is 3.29. The second-order valence-corrected chi connectivity index (χ2v) is 7.26. The SMILES string of the molecule is CSc1nc(C(=O)N2CCN(c3ccc4c(c3)CCC(=O)N4)CC2)c[nH]1. The van der Waals surface area contributed by atoms with Gasteiger partial charge >= 0.3 is 0 Å². The van der Waals surface area contributed by atoms with Gasteiger partial charge in [-0.3, -0.25) is 9.59 Å². The maximum Gasteiger partial charge on any atom is 0.274 e. The molecule has 2 aliphatic heterocycles. The van der Waals surface area contributed by atoms with Gasteiger partial charge in [0, 0.05) is 50.2 Å². The summed E-state index contributed by atoms with van der Waals surface area (Å²) in [5.74, 6) is 0.0646. The monoisotopic (exact) mass is 371 g/mol. The van der Waals surface area contributed by atoms with E-state index in [-0.39, 0.29) is 11.8 Å². The molecule has 1 fully saturated rings. The Hall–Kier alpha value is -2.48. The van der Waals surface area contributed by atoms with Gasteiger partial charge in [0.05, 0.1) is 0 Å². The van der Waals surface area contributed by atoms with Crippen LogP contribution in [-0.4, -0.2) is 59.1 Å². The molecule has 1 aromatic heterocycles. The number of aromatic amines is 1. The van der Waals surface area contributed by atoms with Crippen LogP contribution >= 0.6 is 11.8 Å². The van der Waals surface area contributed by atoms with E-state index < -0.39 is 0 Å². The van der Waals surface area contributed by atoms with Crippen molar-refractivity contribution in [1.82, 2.24) is 14.9 Å². The Balaban J connectivity index is 1.40. The molecule has 4 rings (SSSR count). The van der Waals surface area contributed by atoms with Crippen LogP contribution in [0.1, 0.15) is 22.5 Å². The molecule has 0 saturated carbocycles. The van der Waals surface area contributed by atoms with E-state index >= 15 is 0 Å². The molecule has 0 radical (unpaired) electrons. The fraction of sp³-hybridized carbons (Fsp3) is 0.389. The van der Waals surface area contributed by atoms with Gasteiger partial charge in [-0.2, -0.15) is 0 Å². The van der Waals surface area contributed by atoms with Gasteiger partial charge < -0.3 is 20.1 Å². The van der Waals surface area contributed by atoms with Crippen LogP contribution in [0, 0.1) is 0 Å². The van der Waals surface area contributed by atoms with Crippen LogP contribution in [0.4, 0.5) is 11.4 Å². The van der Waals surface area contributed by atoms with Crippen LogP contribution in [0.25, 0.3) is 0 Å². The maximum atomic E-state index is 12.6. The number of fused-ring (bicyclic) bond motifs is 1. The molecule has 0 bridgehead atoms. The van der Waals surface area contributed by atoms with Crippen LogP contribution in [0.5, 0.6) is 0 Å². The van der Waals surface area contributed by atoms with Gasteiger partial charge in [-0.15, -0.1) is 0 Å². The van der Waals surface area contributed by atoms with Crippen molar-refractivity contribution < 1.29 is 9.59 Å². The van der Waals surface area contributed by atoms with Gasteiger partial charge in [0.15, 0.2) is 5.16 Å². The number of piperazine rings is 1. The number of imidazole rings is 1. The number of thioether (sulfide) groups is 1. The molecule has 1 saturated heterocycles. The van der Waals surface area contributed by atoms with Crippen LogP contribution in [0.15, 0.2) is 29.6 Å². The van der Waals surface area contributed by atoms with Crippen molar-refractivity contribution in [3.63, 3.8) is 0 Å². The highest BCUT2D eigenvalue weighted by atomic mass is 32.2. The van der Waals surface area contributed by atoms with Crippen LogP contribution < -0.4 is 10.2 Å². The number of benzene rings is 1. The van der Waals surface area contributed by atoms with Gasteiger partial charge in [0.25, 0.3) is 5.91 Å². The van der Waals surface area contributed by atoms with E-state index in [9.17, 15) is 9.59 Å². The molecule has 0 spiro atoms. The van der Waals surface area contributed by atoms with E-state index in [0.29, 0.717) is 25.2 Å². The molecule has 2 aliphatic rings. The summed E-state index contributed by atoms with van der Waals surface area (Å²) in [4.78, 5) is 35.5. The number of carbonyl (C=O) groups excluding carboxylic acids is 2. The number of rotatable bonds is 3. The minimum Gasteiger partial charge on any atom is -0.368 e. The van der Waals surface area contributed by atoms with Crippen molar-refractivity contribution in [2.24, 2.45) is 0 Å². The van der Waals surface area contributed by atoms with Crippen LogP contribution in [0.3, 0.4) is 0 Å².